The van der Waals surface area contributed by atoms with E-state index >= 15 is 0 Å². The van der Waals surface area contributed by atoms with E-state index in [4.69, 9.17) is 23.2 Å². The second-order valence-electron chi connectivity index (χ2n) is 5.60. The van der Waals surface area contributed by atoms with Gasteiger partial charge in [0.2, 0.25) is 5.82 Å². The Labute approximate surface area is 184 Å². The van der Waals surface area contributed by atoms with Crippen LogP contribution in [0.25, 0.3) is 0 Å². The van der Waals surface area contributed by atoms with Crippen LogP contribution in [0.5, 0.6) is 0 Å². The molecule has 0 spiro atoms. The van der Waals surface area contributed by atoms with Crippen molar-refractivity contribution in [2.45, 2.75) is 4.90 Å². The van der Waals surface area contributed by atoms with E-state index in [1.54, 1.807) is 18.2 Å². The largest absolute Gasteiger partial charge is 0.463 e. The Morgan fingerprint density at radius 2 is 1.87 bits per heavy atom. The molecule has 0 saturated heterocycles. The third kappa shape index (κ3) is 5.19. The number of anilines is 1. The van der Waals surface area contributed by atoms with Crippen molar-refractivity contribution < 1.29 is 18.3 Å². The summed E-state index contributed by atoms with van der Waals surface area (Å²) in [7, 11) is 1.20. The van der Waals surface area contributed by atoms with Crippen LogP contribution in [0.2, 0.25) is 10.0 Å². The van der Waals surface area contributed by atoms with Crippen LogP contribution in [-0.2, 0) is 4.74 Å². The summed E-state index contributed by atoms with van der Waals surface area (Å²) in [5.41, 5.74) is -0.159. The molecule has 1 aromatic heterocycles. The van der Waals surface area contributed by atoms with Gasteiger partial charge in [-0.2, -0.15) is 0 Å². The first-order valence-corrected chi connectivity index (χ1v) is 9.74. The quantitative estimate of drug-likeness (QED) is 0.317. The predicted molar refractivity (Wildman–Crippen MR) is 112 cm³/mol. The first-order chi connectivity index (χ1) is 14.4. The maximum atomic E-state index is 14.8. The van der Waals surface area contributed by atoms with Gasteiger partial charge in [-0.05, 0) is 42.3 Å². The van der Waals surface area contributed by atoms with E-state index in [1.165, 1.54) is 25.6 Å². The van der Waals surface area contributed by atoms with Gasteiger partial charge in [0.15, 0.2) is 5.82 Å². The lowest BCUT2D eigenvalue weighted by Gasteiger charge is -2.09. The van der Waals surface area contributed by atoms with Crippen molar-refractivity contribution in [3.63, 3.8) is 0 Å². The van der Waals surface area contributed by atoms with Crippen LogP contribution in [0.4, 0.5) is 14.5 Å². The molecular formula is C20H11Cl2F2N3O2S. The van der Waals surface area contributed by atoms with Crippen LogP contribution in [-0.4, -0.2) is 23.0 Å². The number of nitrogens with zero attached hydrogens (tertiary/aromatic N) is 2. The SMILES string of the molecule is COC(=O)c1ncc(C#Cc2c(F)ccc(NSc3cc(Cl)ccc3Cl)c2F)cn1. The minimum absolute atomic E-state index is 0.0130. The summed E-state index contributed by atoms with van der Waals surface area (Å²) in [5.74, 6) is 2.43. The van der Waals surface area contributed by atoms with Crippen LogP contribution in [0.15, 0.2) is 47.6 Å². The number of hydrogen-bond acceptors (Lipinski definition) is 6. The third-order valence-corrected chi connectivity index (χ3v) is 5.16. The van der Waals surface area contributed by atoms with Crippen molar-refractivity contribution in [1.82, 2.24) is 9.97 Å². The molecule has 3 rings (SSSR count). The smallest absolute Gasteiger partial charge is 0.376 e. The highest BCUT2D eigenvalue weighted by atomic mass is 35.5. The van der Waals surface area contributed by atoms with Crippen molar-refractivity contribution in [3.05, 3.63) is 81.4 Å². The molecule has 2 aromatic carbocycles. The average Bonchev–Trinajstić information content (AvgIpc) is 2.75. The highest BCUT2D eigenvalue weighted by Crippen LogP contribution is 2.32. The molecule has 30 heavy (non-hydrogen) atoms. The fraction of sp³-hybridized carbons (Fsp3) is 0.0500. The maximum Gasteiger partial charge on any atom is 0.376 e. The molecule has 0 aliphatic heterocycles. The molecule has 0 amide bonds. The van der Waals surface area contributed by atoms with E-state index in [1.807, 2.05) is 0 Å². The van der Waals surface area contributed by atoms with Gasteiger partial charge in [0.05, 0.1) is 28.9 Å². The van der Waals surface area contributed by atoms with Crippen molar-refractivity contribution >= 4 is 46.8 Å². The lowest BCUT2D eigenvalue weighted by Crippen LogP contribution is -2.06. The Bertz CT molecular complexity index is 1170. The van der Waals surface area contributed by atoms with Crippen LogP contribution in [0, 0.1) is 23.5 Å². The topological polar surface area (TPSA) is 64.1 Å². The normalized spacial score (nSPS) is 10.2. The molecule has 1 heterocycles. The number of benzene rings is 2. The zero-order valence-electron chi connectivity index (χ0n) is 15.2. The molecule has 0 atom stereocenters. The Kier molecular flexibility index (Phi) is 7.11. The van der Waals surface area contributed by atoms with Gasteiger partial charge in [-0.1, -0.05) is 35.0 Å². The lowest BCUT2D eigenvalue weighted by molar-refractivity contribution is 0.0586. The molecule has 3 aromatic rings. The molecule has 0 fully saturated rings. The number of hydrogen-bond donors (Lipinski definition) is 1. The van der Waals surface area contributed by atoms with Crippen LogP contribution in [0.1, 0.15) is 21.7 Å². The predicted octanol–water partition coefficient (Wildman–Crippen LogP) is 5.37. The van der Waals surface area contributed by atoms with Crippen molar-refractivity contribution in [2.75, 3.05) is 11.8 Å². The van der Waals surface area contributed by atoms with E-state index in [0.717, 1.165) is 18.0 Å². The summed E-state index contributed by atoms with van der Waals surface area (Å²) in [4.78, 5) is 19.5. The third-order valence-electron chi connectivity index (χ3n) is 3.61. The minimum atomic E-state index is -0.875. The Morgan fingerprint density at radius 3 is 2.57 bits per heavy atom. The molecule has 5 nitrogen and oxygen atoms in total. The molecule has 1 N–H and O–H groups in total. The van der Waals surface area contributed by atoms with E-state index in [-0.39, 0.29) is 17.1 Å². The summed E-state index contributed by atoms with van der Waals surface area (Å²) in [6.07, 6.45) is 2.50. The lowest BCUT2D eigenvalue weighted by atomic mass is 10.1. The second-order valence-corrected chi connectivity index (χ2v) is 7.29. The molecule has 0 unspecified atom stereocenters. The van der Waals surface area contributed by atoms with E-state index in [0.29, 0.717) is 14.9 Å². The Morgan fingerprint density at radius 1 is 1.13 bits per heavy atom. The summed E-state index contributed by atoms with van der Waals surface area (Å²) in [6, 6.07) is 7.19. The standard InChI is InChI=1S/C20H11Cl2F2N3O2S/c1-29-20(28)19-25-9-11(10-26-19)2-4-13-15(23)6-7-16(18(13)24)27-30-17-8-12(21)3-5-14(17)22/h3,5-10,27H,1H3. The Hall–Kier alpha value is -2.86. The van der Waals surface area contributed by atoms with Crippen LogP contribution < -0.4 is 4.72 Å². The molecule has 0 saturated carbocycles. The van der Waals surface area contributed by atoms with E-state index < -0.39 is 23.2 Å². The van der Waals surface area contributed by atoms with Crippen molar-refractivity contribution in [2.24, 2.45) is 0 Å². The van der Waals surface area contributed by atoms with Gasteiger partial charge in [0.25, 0.3) is 0 Å². The average molecular weight is 466 g/mol. The summed E-state index contributed by atoms with van der Waals surface area (Å²) >= 11 is 13.0. The van der Waals surface area contributed by atoms with Crippen LogP contribution >= 0.6 is 35.1 Å². The second kappa shape index (κ2) is 9.76. The number of carbonyl (C=O) groups is 1. The molecule has 10 heteroatoms. The number of halogens is 4. The van der Waals surface area contributed by atoms with Crippen LogP contribution in [0.3, 0.4) is 0 Å². The fourth-order valence-electron chi connectivity index (χ4n) is 2.14. The summed E-state index contributed by atoms with van der Waals surface area (Å²) < 4.78 is 36.2. The molecule has 0 radical (unpaired) electrons. The molecule has 0 bridgehead atoms. The van der Waals surface area contributed by atoms with Gasteiger partial charge >= 0.3 is 5.97 Å². The first kappa shape index (κ1) is 21.8. The highest BCUT2D eigenvalue weighted by Gasteiger charge is 2.13. The molecule has 0 aliphatic carbocycles. The van der Waals surface area contributed by atoms with Crippen molar-refractivity contribution in [3.8, 4) is 11.8 Å². The summed E-state index contributed by atoms with van der Waals surface area (Å²) in [6.45, 7) is 0. The van der Waals surface area contributed by atoms with E-state index in [9.17, 15) is 13.6 Å². The van der Waals surface area contributed by atoms with E-state index in [2.05, 4.69) is 31.3 Å². The number of ether oxygens (including phenoxy) is 1. The van der Waals surface area contributed by atoms with Gasteiger partial charge in [-0.3, -0.25) is 0 Å². The Balaban J connectivity index is 1.82. The van der Waals surface area contributed by atoms with Gasteiger partial charge < -0.3 is 9.46 Å². The van der Waals surface area contributed by atoms with Crippen molar-refractivity contribution in [1.29, 1.82) is 0 Å². The molecular weight excluding hydrogens is 455 g/mol. The highest BCUT2D eigenvalue weighted by molar-refractivity contribution is 8.00. The van der Waals surface area contributed by atoms with Gasteiger partial charge in [-0.15, -0.1) is 0 Å². The fourth-order valence-corrected chi connectivity index (χ4v) is 3.33. The monoisotopic (exact) mass is 465 g/mol. The number of nitrogens with one attached hydrogen (secondary N) is 1. The summed E-state index contributed by atoms with van der Waals surface area (Å²) in [5, 5.41) is 0.894. The zero-order chi connectivity index (χ0) is 21.7. The van der Waals surface area contributed by atoms with Gasteiger partial charge in [0, 0.05) is 22.3 Å². The zero-order valence-corrected chi connectivity index (χ0v) is 17.5. The minimum Gasteiger partial charge on any atom is -0.463 e. The first-order valence-electron chi connectivity index (χ1n) is 8.17. The van der Waals surface area contributed by atoms with Gasteiger partial charge in [0.1, 0.15) is 5.82 Å². The maximum absolute atomic E-state index is 14.8. The van der Waals surface area contributed by atoms with Gasteiger partial charge in [-0.25, -0.2) is 23.5 Å². The molecule has 0 aliphatic rings. The number of rotatable bonds is 4. The number of methoxy groups -OCH3 is 1. The number of carbonyl (C=O) groups excluding carboxylic acids is 1. The number of aromatic nitrogens is 2. The number of esters is 1. The molecule has 152 valence electrons.